The van der Waals surface area contributed by atoms with E-state index in [2.05, 4.69) is 5.32 Å². The van der Waals surface area contributed by atoms with Crippen molar-refractivity contribution in [3.05, 3.63) is 34.4 Å². The summed E-state index contributed by atoms with van der Waals surface area (Å²) in [7, 11) is 0. The number of nitrogens with zero attached hydrogens (tertiary/aromatic N) is 2. The third-order valence-electron chi connectivity index (χ3n) is 4.96. The van der Waals surface area contributed by atoms with Gasteiger partial charge >= 0.3 is 0 Å². The molecule has 0 saturated carbocycles. The first-order valence-corrected chi connectivity index (χ1v) is 10.2. The van der Waals surface area contributed by atoms with Gasteiger partial charge in [0, 0.05) is 17.7 Å². The maximum Gasteiger partial charge on any atom is 0.261 e. The minimum Gasteiger partial charge on any atom is -0.373 e. The van der Waals surface area contributed by atoms with Crippen LogP contribution in [0.1, 0.15) is 54.9 Å². The van der Waals surface area contributed by atoms with Crippen molar-refractivity contribution in [2.45, 2.75) is 73.0 Å². The Balaban J connectivity index is 2.30. The van der Waals surface area contributed by atoms with Crippen LogP contribution >= 0.6 is 11.6 Å². The van der Waals surface area contributed by atoms with Gasteiger partial charge in [-0.15, -0.1) is 0 Å². The Morgan fingerprint density at radius 1 is 1.10 bits per heavy atom. The zero-order valence-corrected chi connectivity index (χ0v) is 18.9. The molecule has 2 rings (SSSR count). The average Bonchev–Trinajstić information content (AvgIpc) is 2.91. The molecule has 7 heteroatoms. The van der Waals surface area contributed by atoms with E-state index in [4.69, 9.17) is 11.6 Å². The van der Waals surface area contributed by atoms with E-state index in [1.807, 2.05) is 46.4 Å². The van der Waals surface area contributed by atoms with Crippen LogP contribution in [0.15, 0.2) is 29.3 Å². The molecule has 1 aromatic rings. The van der Waals surface area contributed by atoms with Crippen molar-refractivity contribution < 1.29 is 14.4 Å². The first-order valence-electron chi connectivity index (χ1n) is 9.87. The van der Waals surface area contributed by atoms with Gasteiger partial charge in [-0.2, -0.15) is 0 Å². The molecule has 158 valence electrons. The smallest absolute Gasteiger partial charge is 0.261 e. The van der Waals surface area contributed by atoms with Crippen molar-refractivity contribution in [3.63, 3.8) is 0 Å². The summed E-state index contributed by atoms with van der Waals surface area (Å²) in [5.74, 6) is -0.621. The first kappa shape index (κ1) is 22.9. The Morgan fingerprint density at radius 3 is 2.17 bits per heavy atom. The van der Waals surface area contributed by atoms with Crippen molar-refractivity contribution in [1.82, 2.24) is 4.90 Å². The molecule has 1 saturated heterocycles. The number of hydrogen-bond acceptors (Lipinski definition) is 4. The topological polar surface area (TPSA) is 69.7 Å². The number of rotatable bonds is 6. The number of allylic oxidation sites excluding steroid dienone is 1. The van der Waals surface area contributed by atoms with Gasteiger partial charge in [-0.25, -0.2) is 4.90 Å². The molecule has 0 spiro atoms. The molecule has 1 heterocycles. The van der Waals surface area contributed by atoms with Gasteiger partial charge in [0.1, 0.15) is 6.04 Å². The molecular formula is C22H30ClN3O3. The Labute approximate surface area is 177 Å². The fourth-order valence-corrected chi connectivity index (χ4v) is 3.76. The van der Waals surface area contributed by atoms with Crippen LogP contribution in [-0.4, -0.2) is 40.7 Å². The fraction of sp³-hybridized carbons (Fsp3) is 0.500. The van der Waals surface area contributed by atoms with Crippen molar-refractivity contribution in [2.75, 3.05) is 10.2 Å². The van der Waals surface area contributed by atoms with Crippen molar-refractivity contribution in [3.8, 4) is 0 Å². The highest BCUT2D eigenvalue weighted by atomic mass is 35.5. The first-order chi connectivity index (χ1) is 13.5. The minimum atomic E-state index is -0.522. The second kappa shape index (κ2) is 8.99. The summed E-state index contributed by atoms with van der Waals surface area (Å²) in [6, 6.07) is 4.52. The molecule has 3 amide bonds. The number of imide groups is 1. The molecular weight excluding hydrogens is 390 g/mol. The second-order valence-electron chi connectivity index (χ2n) is 8.15. The van der Waals surface area contributed by atoms with Gasteiger partial charge < -0.3 is 10.2 Å². The highest BCUT2D eigenvalue weighted by Gasteiger charge is 2.36. The van der Waals surface area contributed by atoms with Gasteiger partial charge in [-0.3, -0.25) is 14.4 Å². The van der Waals surface area contributed by atoms with E-state index in [1.54, 1.807) is 25.1 Å². The SMILES string of the molecule is CC(C)=C1CC(=O)N(c2ccc(Cl)c(NC(C)C(=O)N(C(C)C)C(C)C)c2)C1=O. The van der Waals surface area contributed by atoms with Gasteiger partial charge in [0.2, 0.25) is 11.8 Å². The summed E-state index contributed by atoms with van der Waals surface area (Å²) in [6.07, 6.45) is 0.0964. The number of nitrogens with one attached hydrogen (secondary N) is 1. The molecule has 0 radical (unpaired) electrons. The molecule has 0 bridgehead atoms. The van der Waals surface area contributed by atoms with Crippen LogP contribution in [0.2, 0.25) is 5.02 Å². The molecule has 1 aliphatic rings. The molecule has 1 unspecified atom stereocenters. The molecule has 0 aromatic heterocycles. The van der Waals surface area contributed by atoms with Crippen molar-refractivity contribution in [1.29, 1.82) is 0 Å². The Hall–Kier alpha value is -2.34. The van der Waals surface area contributed by atoms with E-state index < -0.39 is 6.04 Å². The van der Waals surface area contributed by atoms with Gasteiger partial charge in [0.05, 0.1) is 22.8 Å². The van der Waals surface area contributed by atoms with E-state index >= 15 is 0 Å². The summed E-state index contributed by atoms with van der Waals surface area (Å²) in [6.45, 7) is 13.3. The summed E-state index contributed by atoms with van der Waals surface area (Å²) >= 11 is 6.32. The average molecular weight is 420 g/mol. The Morgan fingerprint density at radius 2 is 1.69 bits per heavy atom. The summed E-state index contributed by atoms with van der Waals surface area (Å²) in [4.78, 5) is 41.0. The number of halogens is 1. The third-order valence-corrected chi connectivity index (χ3v) is 5.29. The maximum atomic E-state index is 12.9. The number of hydrogen-bond donors (Lipinski definition) is 1. The Bertz CT molecular complexity index is 849. The molecule has 0 aliphatic carbocycles. The van der Waals surface area contributed by atoms with E-state index in [-0.39, 0.29) is 36.2 Å². The summed E-state index contributed by atoms with van der Waals surface area (Å²) in [5, 5.41) is 3.56. The van der Waals surface area contributed by atoms with E-state index in [0.717, 1.165) is 5.57 Å². The van der Waals surface area contributed by atoms with Crippen molar-refractivity contribution in [2.24, 2.45) is 0 Å². The number of benzene rings is 1. The lowest BCUT2D eigenvalue weighted by atomic mass is 10.1. The molecule has 1 N–H and O–H groups in total. The number of carbonyl (C=O) groups excluding carboxylic acids is 3. The van der Waals surface area contributed by atoms with Crippen LogP contribution < -0.4 is 10.2 Å². The van der Waals surface area contributed by atoms with Crippen LogP contribution in [0.4, 0.5) is 11.4 Å². The molecule has 1 aliphatic heterocycles. The highest BCUT2D eigenvalue weighted by Crippen LogP contribution is 2.33. The van der Waals surface area contributed by atoms with Crippen LogP contribution in [-0.2, 0) is 14.4 Å². The largest absolute Gasteiger partial charge is 0.373 e. The predicted octanol–water partition coefficient (Wildman–Crippen LogP) is 4.39. The molecule has 1 fully saturated rings. The zero-order valence-electron chi connectivity index (χ0n) is 18.2. The number of carbonyl (C=O) groups is 3. The second-order valence-corrected chi connectivity index (χ2v) is 8.56. The zero-order chi connectivity index (χ0) is 22.0. The molecule has 6 nitrogen and oxygen atoms in total. The molecule has 1 aromatic carbocycles. The molecule has 29 heavy (non-hydrogen) atoms. The summed E-state index contributed by atoms with van der Waals surface area (Å²) in [5.41, 5.74) is 2.29. The van der Waals surface area contributed by atoms with Gasteiger partial charge in [0.15, 0.2) is 0 Å². The molecule has 1 atom stereocenters. The lowest BCUT2D eigenvalue weighted by Crippen LogP contribution is -2.48. The van der Waals surface area contributed by atoms with E-state index in [1.165, 1.54) is 4.90 Å². The van der Waals surface area contributed by atoms with Crippen LogP contribution in [0.3, 0.4) is 0 Å². The quantitative estimate of drug-likeness (QED) is 0.548. The van der Waals surface area contributed by atoms with Crippen LogP contribution in [0.5, 0.6) is 0 Å². The lowest BCUT2D eigenvalue weighted by Gasteiger charge is -2.33. The standard InChI is InChI=1S/C22H30ClN3O3/c1-12(2)17-11-20(27)26(22(17)29)16-8-9-18(23)19(10-16)24-15(7)21(28)25(13(3)4)14(5)6/h8-10,13-15,24H,11H2,1-7H3. The van der Waals surface area contributed by atoms with Gasteiger partial charge in [0.25, 0.3) is 5.91 Å². The minimum absolute atomic E-state index is 0.0448. The van der Waals surface area contributed by atoms with Gasteiger partial charge in [-0.1, -0.05) is 17.2 Å². The number of amides is 3. The number of anilines is 2. The van der Waals surface area contributed by atoms with Crippen molar-refractivity contribution >= 4 is 40.7 Å². The highest BCUT2D eigenvalue weighted by molar-refractivity contribution is 6.34. The third kappa shape index (κ3) is 4.81. The normalized spacial score (nSPS) is 15.4. The fourth-order valence-electron chi connectivity index (χ4n) is 3.59. The van der Waals surface area contributed by atoms with E-state index in [0.29, 0.717) is 22.0 Å². The van der Waals surface area contributed by atoms with E-state index in [9.17, 15) is 14.4 Å². The monoisotopic (exact) mass is 419 g/mol. The predicted molar refractivity (Wildman–Crippen MR) is 117 cm³/mol. The Kier molecular flexibility index (Phi) is 7.11. The maximum absolute atomic E-state index is 12.9. The lowest BCUT2D eigenvalue weighted by molar-refractivity contribution is -0.135. The van der Waals surface area contributed by atoms with Crippen LogP contribution in [0, 0.1) is 0 Å². The van der Waals surface area contributed by atoms with Gasteiger partial charge in [-0.05, 0) is 66.7 Å². The van der Waals surface area contributed by atoms with Crippen LogP contribution in [0.25, 0.3) is 0 Å². The summed E-state index contributed by atoms with van der Waals surface area (Å²) < 4.78 is 0.